The van der Waals surface area contributed by atoms with Gasteiger partial charge in [-0.3, -0.25) is 29.5 Å². The second-order valence-electron chi connectivity index (χ2n) is 14.6. The van der Waals surface area contributed by atoms with Gasteiger partial charge < -0.3 is 19.7 Å². The van der Waals surface area contributed by atoms with E-state index in [0.29, 0.717) is 46.2 Å². The molecule has 4 amide bonds. The number of aliphatic hydroxyl groups is 1. The van der Waals surface area contributed by atoms with E-state index in [2.05, 4.69) is 5.43 Å². The third kappa shape index (κ3) is 6.18. The first-order valence-corrected chi connectivity index (χ1v) is 19.2. The van der Waals surface area contributed by atoms with E-state index in [1.807, 2.05) is 30.3 Å². The summed E-state index contributed by atoms with van der Waals surface area (Å²) in [6.07, 6.45) is 2.85. The predicted octanol–water partition coefficient (Wildman–Crippen LogP) is 6.31. The number of likely N-dealkylation sites (tertiary alicyclic amines) is 1. The van der Waals surface area contributed by atoms with E-state index >= 15 is 4.79 Å². The third-order valence-corrected chi connectivity index (χ3v) is 12.4. The molecule has 2 saturated heterocycles. The lowest BCUT2D eigenvalue weighted by Gasteiger charge is -2.50. The molecule has 3 N–H and O–H groups in total. The number of nitrogens with zero attached hydrogens (tertiary/aromatic N) is 2. The normalized spacial score (nSPS) is 25.4. The number of aromatic hydroxyl groups is 1. The van der Waals surface area contributed by atoms with Crippen molar-refractivity contribution < 1.29 is 38.9 Å². The largest absolute Gasteiger partial charge is 0.508 e. The van der Waals surface area contributed by atoms with Gasteiger partial charge in [-0.05, 0) is 96.5 Å². The third-order valence-electron chi connectivity index (χ3n) is 11.8. The highest BCUT2D eigenvalue weighted by Crippen LogP contribution is 2.64. The zero-order chi connectivity index (χ0) is 39.3. The molecule has 4 aromatic rings. The van der Waals surface area contributed by atoms with Crippen molar-refractivity contribution in [2.75, 3.05) is 32.3 Å². The van der Waals surface area contributed by atoms with Crippen LogP contribution in [-0.4, -0.2) is 70.6 Å². The number of carbonyl (C=O) groups is 4. The number of amides is 4. The molecule has 2 heterocycles. The number of ether oxygens (including phenoxy) is 2. The highest BCUT2D eigenvalue weighted by atomic mass is 35.5. The standard InChI is InChI=1S/C43H39Cl2N3O8/c1-55-29-13-6-26(7-14-29)43-34(40(52)48(42(43)54)46-36-17-8-27(44)22-35(36)45)23-33-31(38(43)25-4-11-30(12-5-25)56-21-20-49)15-16-32-37(33)41(53)47(39(32)51)19-18-24-2-9-28(50)10-3-24/h2-15,17,22,32-34,37-38,46,49-50H,16,18-21,23H2,1H3. The molecule has 0 aromatic heterocycles. The van der Waals surface area contributed by atoms with E-state index in [-0.39, 0.29) is 48.8 Å². The van der Waals surface area contributed by atoms with Crippen molar-refractivity contribution in [3.8, 4) is 17.2 Å². The maximum absolute atomic E-state index is 15.4. The van der Waals surface area contributed by atoms with Crippen molar-refractivity contribution in [2.24, 2.45) is 23.7 Å². The van der Waals surface area contributed by atoms with Crippen LogP contribution in [-0.2, 0) is 31.0 Å². The molecule has 1 saturated carbocycles. The van der Waals surface area contributed by atoms with Crippen molar-refractivity contribution in [3.63, 3.8) is 0 Å². The summed E-state index contributed by atoms with van der Waals surface area (Å²) >= 11 is 12.7. The molecule has 2 aliphatic heterocycles. The van der Waals surface area contributed by atoms with Gasteiger partial charge >= 0.3 is 0 Å². The van der Waals surface area contributed by atoms with Crippen LogP contribution >= 0.6 is 23.2 Å². The molecule has 288 valence electrons. The van der Waals surface area contributed by atoms with Gasteiger partial charge in [0.05, 0.1) is 47.6 Å². The molecular formula is C43H39Cl2N3O8. The van der Waals surface area contributed by atoms with Crippen molar-refractivity contribution in [1.29, 1.82) is 0 Å². The van der Waals surface area contributed by atoms with E-state index in [9.17, 15) is 24.6 Å². The Labute approximate surface area is 333 Å². The number of fused-ring (bicyclic) bond motifs is 4. The number of methoxy groups -OCH3 is 1. The molecule has 56 heavy (non-hydrogen) atoms. The number of benzene rings is 4. The number of phenolic OH excluding ortho intramolecular Hbond substituents is 1. The summed E-state index contributed by atoms with van der Waals surface area (Å²) in [5.41, 5.74) is 4.81. The number of phenols is 1. The highest BCUT2D eigenvalue weighted by Gasteiger charge is 2.70. The number of rotatable bonds is 11. The Morgan fingerprint density at radius 2 is 1.57 bits per heavy atom. The summed E-state index contributed by atoms with van der Waals surface area (Å²) in [6, 6.07) is 25.7. The van der Waals surface area contributed by atoms with Crippen LogP contribution in [0.2, 0.25) is 10.0 Å². The fraction of sp³-hybridized carbons (Fsp3) is 0.302. The summed E-state index contributed by atoms with van der Waals surface area (Å²) in [5.74, 6) is -3.93. The minimum Gasteiger partial charge on any atom is -0.508 e. The summed E-state index contributed by atoms with van der Waals surface area (Å²) < 4.78 is 11.2. The second kappa shape index (κ2) is 14.9. The highest BCUT2D eigenvalue weighted by molar-refractivity contribution is 6.36. The second-order valence-corrected chi connectivity index (χ2v) is 15.4. The van der Waals surface area contributed by atoms with Crippen LogP contribution in [0.15, 0.2) is 103 Å². The van der Waals surface area contributed by atoms with E-state index in [4.69, 9.17) is 32.7 Å². The lowest BCUT2D eigenvalue weighted by molar-refractivity contribution is -0.141. The maximum Gasteiger partial charge on any atom is 0.260 e. The van der Waals surface area contributed by atoms with Gasteiger partial charge in [0, 0.05) is 17.5 Å². The molecule has 0 bridgehead atoms. The summed E-state index contributed by atoms with van der Waals surface area (Å²) in [4.78, 5) is 60.2. The van der Waals surface area contributed by atoms with Crippen LogP contribution in [0.4, 0.5) is 5.69 Å². The van der Waals surface area contributed by atoms with Crippen molar-refractivity contribution in [1.82, 2.24) is 9.91 Å². The Kier molecular flexibility index (Phi) is 10.0. The van der Waals surface area contributed by atoms with E-state index in [1.165, 1.54) is 11.0 Å². The van der Waals surface area contributed by atoms with Gasteiger partial charge in [0.25, 0.3) is 11.8 Å². The maximum atomic E-state index is 15.4. The first kappa shape index (κ1) is 37.6. The fourth-order valence-corrected chi connectivity index (χ4v) is 9.78. The molecule has 13 heteroatoms. The zero-order valence-electron chi connectivity index (χ0n) is 30.4. The lowest BCUT2D eigenvalue weighted by atomic mass is 9.49. The van der Waals surface area contributed by atoms with Crippen LogP contribution in [0.25, 0.3) is 0 Å². The first-order chi connectivity index (χ1) is 27.1. The Morgan fingerprint density at radius 1 is 0.857 bits per heavy atom. The number of carbonyl (C=O) groups excluding carboxylic acids is 4. The topological polar surface area (TPSA) is 146 Å². The number of hydrogen-bond acceptors (Lipinski definition) is 9. The van der Waals surface area contributed by atoms with Gasteiger partial charge in [-0.2, -0.15) is 5.01 Å². The molecule has 6 atom stereocenters. The smallest absolute Gasteiger partial charge is 0.260 e. The predicted molar refractivity (Wildman–Crippen MR) is 208 cm³/mol. The van der Waals surface area contributed by atoms with Crippen molar-refractivity contribution >= 4 is 52.5 Å². The molecular weight excluding hydrogens is 757 g/mol. The molecule has 4 aromatic carbocycles. The average molecular weight is 797 g/mol. The Bertz CT molecular complexity index is 2230. The van der Waals surface area contributed by atoms with Gasteiger partial charge in [0.2, 0.25) is 11.8 Å². The van der Waals surface area contributed by atoms with Crippen molar-refractivity contribution in [3.05, 3.63) is 129 Å². The van der Waals surface area contributed by atoms with Crippen LogP contribution in [0.5, 0.6) is 17.2 Å². The summed E-state index contributed by atoms with van der Waals surface area (Å²) in [7, 11) is 1.55. The van der Waals surface area contributed by atoms with E-state index in [0.717, 1.165) is 16.1 Å². The molecule has 6 unspecified atom stereocenters. The molecule has 4 aliphatic rings. The van der Waals surface area contributed by atoms with E-state index < -0.39 is 46.8 Å². The monoisotopic (exact) mass is 795 g/mol. The molecule has 0 spiro atoms. The lowest BCUT2D eigenvalue weighted by Crippen LogP contribution is -2.53. The molecule has 2 aliphatic carbocycles. The zero-order valence-corrected chi connectivity index (χ0v) is 31.9. The minimum atomic E-state index is -1.50. The SMILES string of the molecule is COc1ccc(C23C(=O)N(Nc4ccc(Cl)cc4Cl)C(=O)C2CC2C(=CCC4C(=O)N(CCc5ccc(O)cc5)C(=O)C42)C3c2ccc(OCCO)cc2)cc1. The summed E-state index contributed by atoms with van der Waals surface area (Å²) in [6.45, 7) is 0.100. The Hall–Kier alpha value is -5.36. The average Bonchev–Trinajstić information content (AvgIpc) is 3.58. The van der Waals surface area contributed by atoms with Crippen LogP contribution < -0.4 is 14.9 Å². The molecule has 0 radical (unpaired) electrons. The number of aliphatic hydroxyl groups excluding tert-OH is 1. The number of imide groups is 2. The number of allylic oxidation sites excluding steroid dienone is 2. The van der Waals surface area contributed by atoms with E-state index in [1.54, 1.807) is 67.8 Å². The van der Waals surface area contributed by atoms with Gasteiger partial charge in [-0.25, -0.2) is 0 Å². The number of halogens is 2. The van der Waals surface area contributed by atoms with Crippen LogP contribution in [0.3, 0.4) is 0 Å². The number of hydrazine groups is 1. The first-order valence-electron chi connectivity index (χ1n) is 18.5. The number of hydrogen-bond donors (Lipinski definition) is 3. The Morgan fingerprint density at radius 3 is 2.25 bits per heavy atom. The molecule has 11 nitrogen and oxygen atoms in total. The summed E-state index contributed by atoms with van der Waals surface area (Å²) in [5, 5.41) is 20.7. The van der Waals surface area contributed by atoms with Gasteiger partial charge in [-0.1, -0.05) is 71.2 Å². The number of anilines is 1. The van der Waals surface area contributed by atoms with Crippen LogP contribution in [0.1, 0.15) is 35.4 Å². The Balaban J connectivity index is 1.25. The molecule has 3 fully saturated rings. The molecule has 8 rings (SSSR count). The van der Waals surface area contributed by atoms with Gasteiger partial charge in [-0.15, -0.1) is 0 Å². The van der Waals surface area contributed by atoms with Crippen molar-refractivity contribution in [2.45, 2.75) is 30.6 Å². The fourth-order valence-electron chi connectivity index (χ4n) is 9.33. The van der Waals surface area contributed by atoms with Crippen LogP contribution in [0, 0.1) is 23.7 Å². The quantitative estimate of drug-likeness (QED) is 0.118. The van der Waals surface area contributed by atoms with Gasteiger partial charge in [0.1, 0.15) is 23.9 Å². The minimum absolute atomic E-state index is 0.0944. The number of nitrogens with one attached hydrogen (secondary N) is 1. The van der Waals surface area contributed by atoms with Gasteiger partial charge in [0.15, 0.2) is 0 Å².